The molecule has 2 amide bonds. The van der Waals surface area contributed by atoms with Crippen molar-refractivity contribution < 1.29 is 19.1 Å². The molecule has 6 rings (SSSR count). The molecule has 1 aliphatic rings. The summed E-state index contributed by atoms with van der Waals surface area (Å²) in [6.07, 6.45) is 7.85. The van der Waals surface area contributed by atoms with E-state index in [2.05, 4.69) is 20.6 Å². The summed E-state index contributed by atoms with van der Waals surface area (Å²) < 4.78 is 18.0. The lowest BCUT2D eigenvalue weighted by molar-refractivity contribution is 0.0857. The van der Waals surface area contributed by atoms with E-state index in [1.54, 1.807) is 40.0 Å². The van der Waals surface area contributed by atoms with E-state index < -0.39 is 29.8 Å². The Morgan fingerprint density at radius 3 is 2.78 bits per heavy atom. The number of halogens is 1. The molecule has 37 heavy (non-hydrogen) atoms. The molecule has 2 atom stereocenters. The minimum atomic E-state index is -0.761. The van der Waals surface area contributed by atoms with Crippen LogP contribution in [0.1, 0.15) is 38.0 Å². The van der Waals surface area contributed by atoms with Crippen LogP contribution in [0.3, 0.4) is 0 Å². The lowest BCUT2D eigenvalue weighted by Gasteiger charge is -2.18. The highest BCUT2D eigenvalue weighted by molar-refractivity contribution is 6.04. The van der Waals surface area contributed by atoms with Gasteiger partial charge in [0, 0.05) is 30.6 Å². The van der Waals surface area contributed by atoms with Gasteiger partial charge in [-0.2, -0.15) is 0 Å². The largest absolute Gasteiger partial charge is 0.390 e. The van der Waals surface area contributed by atoms with Crippen molar-refractivity contribution in [3.05, 3.63) is 114 Å². The fourth-order valence-corrected chi connectivity index (χ4v) is 4.62. The second-order valence-electron chi connectivity index (χ2n) is 8.80. The zero-order chi connectivity index (χ0) is 25.5. The number of rotatable bonds is 5. The smallest absolute Gasteiger partial charge is 0.274 e. The highest BCUT2D eigenvalue weighted by Crippen LogP contribution is 2.31. The van der Waals surface area contributed by atoms with Crippen LogP contribution in [0.4, 0.5) is 10.1 Å². The quantitative estimate of drug-likeness (QED) is 0.346. The second kappa shape index (κ2) is 8.99. The maximum Gasteiger partial charge on any atom is 0.274 e. The molecule has 5 aromatic rings. The van der Waals surface area contributed by atoms with Crippen LogP contribution in [0.15, 0.2) is 85.7 Å². The van der Waals surface area contributed by atoms with E-state index in [1.165, 1.54) is 18.3 Å². The highest BCUT2D eigenvalue weighted by Gasteiger charge is 2.32. The van der Waals surface area contributed by atoms with Crippen molar-refractivity contribution in [2.24, 2.45) is 0 Å². The van der Waals surface area contributed by atoms with Crippen molar-refractivity contribution in [2.75, 3.05) is 5.32 Å². The number of nitrogens with one attached hydrogen (secondary N) is 2. The summed E-state index contributed by atoms with van der Waals surface area (Å²) >= 11 is 0. The number of hydrogen-bond donors (Lipinski definition) is 3. The number of benzene rings is 2. The molecule has 3 heterocycles. The Balaban J connectivity index is 1.24. The second-order valence-corrected chi connectivity index (χ2v) is 8.80. The molecule has 3 aromatic heterocycles. The normalized spacial score (nSPS) is 16.5. The van der Waals surface area contributed by atoms with Crippen molar-refractivity contribution in [1.29, 1.82) is 0 Å². The van der Waals surface area contributed by atoms with Crippen LogP contribution in [0.5, 0.6) is 0 Å². The number of hydrogen-bond acceptors (Lipinski definition) is 5. The van der Waals surface area contributed by atoms with Gasteiger partial charge in [-0.05, 0) is 41.5 Å². The number of nitrogens with zero attached hydrogens (tertiary/aromatic N) is 4. The van der Waals surface area contributed by atoms with E-state index in [4.69, 9.17) is 0 Å². The third kappa shape index (κ3) is 4.13. The fourth-order valence-electron chi connectivity index (χ4n) is 4.62. The van der Waals surface area contributed by atoms with E-state index in [0.717, 1.165) is 22.9 Å². The molecule has 10 heteroatoms. The van der Waals surface area contributed by atoms with E-state index >= 15 is 0 Å². The van der Waals surface area contributed by atoms with Gasteiger partial charge in [0.05, 0.1) is 36.0 Å². The van der Waals surface area contributed by atoms with Gasteiger partial charge >= 0.3 is 0 Å². The average Bonchev–Trinajstić information content (AvgIpc) is 3.64. The van der Waals surface area contributed by atoms with Crippen molar-refractivity contribution in [1.82, 2.24) is 24.3 Å². The van der Waals surface area contributed by atoms with Gasteiger partial charge in [-0.25, -0.2) is 14.4 Å². The zero-order valence-corrected chi connectivity index (χ0v) is 19.4. The third-order valence-electron chi connectivity index (χ3n) is 6.49. The average molecular weight is 497 g/mol. The zero-order valence-electron chi connectivity index (χ0n) is 19.4. The summed E-state index contributed by atoms with van der Waals surface area (Å²) in [6.45, 7) is 0. The predicted octanol–water partition coefficient (Wildman–Crippen LogP) is 3.30. The van der Waals surface area contributed by atoms with Crippen molar-refractivity contribution in [2.45, 2.75) is 18.6 Å². The number of carbonyl (C=O) groups excluding carboxylic acids is 2. The Bertz CT molecular complexity index is 1650. The molecule has 0 aliphatic heterocycles. The first kappa shape index (κ1) is 22.6. The molecule has 1 aliphatic carbocycles. The molecule has 0 saturated heterocycles. The molecule has 0 bridgehead atoms. The number of amides is 2. The summed E-state index contributed by atoms with van der Waals surface area (Å²) in [7, 11) is 0. The highest BCUT2D eigenvalue weighted by atomic mass is 19.1. The minimum absolute atomic E-state index is 0.147. The fraction of sp³-hybridized carbons (Fsp3) is 0.111. The molecule has 0 fully saturated rings. The van der Waals surface area contributed by atoms with Crippen LogP contribution in [0.25, 0.3) is 11.3 Å². The number of fused-ring (bicyclic) bond motifs is 2. The third-order valence-corrected chi connectivity index (χ3v) is 6.49. The predicted molar refractivity (Wildman–Crippen MR) is 133 cm³/mol. The van der Waals surface area contributed by atoms with Gasteiger partial charge in [0.15, 0.2) is 0 Å². The molecule has 0 saturated carbocycles. The van der Waals surface area contributed by atoms with Gasteiger partial charge in [0.2, 0.25) is 0 Å². The van der Waals surface area contributed by atoms with Crippen LogP contribution in [0.2, 0.25) is 0 Å². The number of anilines is 1. The molecule has 2 aromatic carbocycles. The van der Waals surface area contributed by atoms with Crippen molar-refractivity contribution in [3.8, 4) is 5.69 Å². The standard InChI is InChI=1S/C27H21FN6O3/c28-20-7-5-17(26(36)32-25-19-4-2-1-3-16(19)12-23(25)35)11-21(20)31-27(37)22-13-30-24-8-6-18(14-34(22)24)33-10-9-29-15-33/h1-11,13-15,23,25,35H,12H2,(H,31,37)(H,32,36)/t23-,25+/m1/s1. The Labute approximate surface area is 210 Å². The van der Waals surface area contributed by atoms with Crippen molar-refractivity contribution in [3.63, 3.8) is 0 Å². The topological polar surface area (TPSA) is 114 Å². The van der Waals surface area contributed by atoms with E-state index in [0.29, 0.717) is 12.1 Å². The monoisotopic (exact) mass is 496 g/mol. The van der Waals surface area contributed by atoms with E-state index in [1.807, 2.05) is 30.3 Å². The molecule has 0 unspecified atom stereocenters. The summed E-state index contributed by atoms with van der Waals surface area (Å²) in [5, 5.41) is 15.8. The number of pyridine rings is 1. The summed E-state index contributed by atoms with van der Waals surface area (Å²) in [6, 6.07) is 14.3. The minimum Gasteiger partial charge on any atom is -0.390 e. The number of aliphatic hydroxyl groups is 1. The van der Waals surface area contributed by atoms with Gasteiger partial charge in [0.25, 0.3) is 11.8 Å². The molecular formula is C27H21FN6O3. The molecule has 0 radical (unpaired) electrons. The van der Waals surface area contributed by atoms with Crippen molar-refractivity contribution >= 4 is 23.1 Å². The van der Waals surface area contributed by atoms with Gasteiger partial charge in [-0.3, -0.25) is 14.0 Å². The Kier molecular flexibility index (Phi) is 5.50. The molecular weight excluding hydrogens is 475 g/mol. The van der Waals surface area contributed by atoms with E-state index in [-0.39, 0.29) is 16.9 Å². The maximum absolute atomic E-state index is 14.6. The van der Waals surface area contributed by atoms with Gasteiger partial charge in [-0.15, -0.1) is 0 Å². The van der Waals surface area contributed by atoms with Gasteiger partial charge in [-0.1, -0.05) is 24.3 Å². The van der Waals surface area contributed by atoms with Gasteiger partial charge < -0.3 is 20.3 Å². The van der Waals surface area contributed by atoms with Gasteiger partial charge in [0.1, 0.15) is 17.2 Å². The first-order chi connectivity index (χ1) is 18.0. The molecule has 9 nitrogen and oxygen atoms in total. The summed E-state index contributed by atoms with van der Waals surface area (Å²) in [5.41, 5.74) is 3.31. The van der Waals surface area contributed by atoms with E-state index in [9.17, 15) is 19.1 Å². The number of aromatic nitrogens is 4. The Morgan fingerprint density at radius 2 is 1.95 bits per heavy atom. The SMILES string of the molecule is O=C(N[C@H]1c2ccccc2C[C@H]1O)c1ccc(F)c(NC(=O)c2cnc3ccc(-n4ccnc4)cn23)c1. The van der Waals surface area contributed by atoms with Crippen LogP contribution in [-0.2, 0) is 6.42 Å². The lowest BCUT2D eigenvalue weighted by Crippen LogP contribution is -2.34. The maximum atomic E-state index is 14.6. The number of imidazole rings is 2. The summed E-state index contributed by atoms with van der Waals surface area (Å²) in [4.78, 5) is 34.3. The van der Waals surface area contributed by atoms with Crippen LogP contribution in [0, 0.1) is 5.82 Å². The Morgan fingerprint density at radius 1 is 1.08 bits per heavy atom. The number of aliphatic hydroxyl groups excluding tert-OH is 1. The molecule has 184 valence electrons. The first-order valence-electron chi connectivity index (χ1n) is 11.6. The molecule has 0 spiro atoms. The first-order valence-corrected chi connectivity index (χ1v) is 11.6. The van der Waals surface area contributed by atoms with Crippen LogP contribution < -0.4 is 10.6 Å². The number of carbonyl (C=O) groups is 2. The van der Waals surface area contributed by atoms with Crippen LogP contribution in [-0.4, -0.2) is 42.0 Å². The van der Waals surface area contributed by atoms with Crippen LogP contribution >= 0.6 is 0 Å². The summed E-state index contributed by atoms with van der Waals surface area (Å²) in [5.74, 6) is -1.77. The lowest BCUT2D eigenvalue weighted by atomic mass is 10.1. The molecule has 3 N–H and O–H groups in total. The Hall–Kier alpha value is -4.83.